The Morgan fingerprint density at radius 3 is 2.00 bits per heavy atom. The van der Waals surface area contributed by atoms with Crippen molar-refractivity contribution in [3.8, 4) is 0 Å². The van der Waals surface area contributed by atoms with E-state index in [0.717, 1.165) is 25.7 Å². The van der Waals surface area contributed by atoms with Crippen molar-refractivity contribution in [3.05, 3.63) is 6.42 Å². The second-order valence-electron chi connectivity index (χ2n) is 6.87. The summed E-state index contributed by atoms with van der Waals surface area (Å²) in [6.45, 7) is 2.26. The fourth-order valence-electron chi connectivity index (χ4n) is 3.25. The molecule has 0 atom stereocenters. The molecule has 0 amide bonds. The van der Waals surface area contributed by atoms with Gasteiger partial charge in [0.15, 0.2) is 0 Å². The Labute approximate surface area is 138 Å². The molecule has 1 fully saturated rings. The van der Waals surface area contributed by atoms with Gasteiger partial charge in [0.2, 0.25) is 0 Å². The van der Waals surface area contributed by atoms with E-state index in [9.17, 15) is 4.79 Å². The maximum Gasteiger partial charge on any atom is 0.310 e. The zero-order valence-electron chi connectivity index (χ0n) is 14.8. The molecule has 0 spiro atoms. The third kappa shape index (κ3) is 11.1. The van der Waals surface area contributed by atoms with Gasteiger partial charge < -0.3 is 4.74 Å². The number of esters is 1. The minimum absolute atomic E-state index is 0.0773. The van der Waals surface area contributed by atoms with Crippen molar-refractivity contribution in [2.75, 3.05) is 0 Å². The quantitative estimate of drug-likeness (QED) is 0.237. The smallest absolute Gasteiger partial charge is 0.310 e. The van der Waals surface area contributed by atoms with Gasteiger partial charge in [-0.15, -0.1) is 0 Å². The van der Waals surface area contributed by atoms with Crippen LogP contribution in [0.25, 0.3) is 0 Å². The van der Waals surface area contributed by atoms with Crippen LogP contribution in [-0.2, 0) is 9.53 Å². The summed E-state index contributed by atoms with van der Waals surface area (Å²) in [6, 6.07) is 0. The lowest BCUT2D eigenvalue weighted by Gasteiger charge is -2.15. The van der Waals surface area contributed by atoms with E-state index in [1.807, 2.05) is 0 Å². The SMILES string of the molecule is CCCCCCCCCCC[CH]C(=O)OC1CCCCCC1. The van der Waals surface area contributed by atoms with Gasteiger partial charge >= 0.3 is 5.97 Å². The molecule has 0 N–H and O–H groups in total. The average Bonchev–Trinajstić information content (AvgIpc) is 2.78. The summed E-state index contributed by atoms with van der Waals surface area (Å²) in [5.74, 6) is -0.0773. The van der Waals surface area contributed by atoms with Crippen LogP contribution < -0.4 is 0 Å². The molecule has 0 aliphatic heterocycles. The van der Waals surface area contributed by atoms with Crippen LogP contribution in [0, 0.1) is 6.42 Å². The Bertz CT molecular complexity index is 254. The highest BCUT2D eigenvalue weighted by atomic mass is 16.5. The van der Waals surface area contributed by atoms with Gasteiger partial charge in [-0.2, -0.15) is 0 Å². The van der Waals surface area contributed by atoms with E-state index in [-0.39, 0.29) is 12.1 Å². The predicted molar refractivity (Wildman–Crippen MR) is 93.7 cm³/mol. The van der Waals surface area contributed by atoms with Crippen LogP contribution in [0.5, 0.6) is 0 Å². The van der Waals surface area contributed by atoms with Crippen molar-refractivity contribution in [1.29, 1.82) is 0 Å². The van der Waals surface area contributed by atoms with Gasteiger partial charge in [0.1, 0.15) is 6.10 Å². The number of hydrogen-bond donors (Lipinski definition) is 0. The molecule has 0 heterocycles. The first kappa shape index (κ1) is 19.5. The molecule has 0 saturated heterocycles. The van der Waals surface area contributed by atoms with Crippen LogP contribution >= 0.6 is 0 Å². The Hall–Kier alpha value is -0.530. The van der Waals surface area contributed by atoms with E-state index >= 15 is 0 Å². The zero-order valence-corrected chi connectivity index (χ0v) is 14.8. The average molecular weight is 310 g/mol. The first-order valence-electron chi connectivity index (χ1n) is 9.86. The van der Waals surface area contributed by atoms with Crippen molar-refractivity contribution in [3.63, 3.8) is 0 Å². The lowest BCUT2D eigenvalue weighted by molar-refractivity contribution is -0.145. The maximum absolute atomic E-state index is 11.8. The highest BCUT2D eigenvalue weighted by Gasteiger charge is 2.16. The monoisotopic (exact) mass is 309 g/mol. The predicted octanol–water partition coefficient (Wildman–Crippen LogP) is 6.38. The molecular formula is C20H37O2. The lowest BCUT2D eigenvalue weighted by Crippen LogP contribution is -2.17. The standard InChI is InChI=1S/C20H37O2/c1-2-3-4-5-6-7-8-9-10-15-18-20(21)22-19-16-13-11-12-14-17-19/h18-19H,2-17H2,1H3. The number of carbonyl (C=O) groups excluding carboxylic acids is 1. The molecule has 0 aromatic rings. The Morgan fingerprint density at radius 2 is 1.41 bits per heavy atom. The Kier molecular flexibility index (Phi) is 12.5. The van der Waals surface area contributed by atoms with Gasteiger partial charge in [0.25, 0.3) is 0 Å². The van der Waals surface area contributed by atoms with E-state index < -0.39 is 0 Å². The second kappa shape index (κ2) is 14.1. The van der Waals surface area contributed by atoms with E-state index in [2.05, 4.69) is 6.92 Å². The third-order valence-electron chi connectivity index (χ3n) is 4.70. The number of carbonyl (C=O) groups is 1. The van der Waals surface area contributed by atoms with E-state index in [4.69, 9.17) is 4.74 Å². The maximum atomic E-state index is 11.8. The Balaban J connectivity index is 1.86. The number of rotatable bonds is 12. The minimum atomic E-state index is -0.0773. The third-order valence-corrected chi connectivity index (χ3v) is 4.70. The molecule has 1 radical (unpaired) electrons. The zero-order chi connectivity index (χ0) is 15.9. The van der Waals surface area contributed by atoms with E-state index in [0.29, 0.717) is 0 Å². The summed E-state index contributed by atoms with van der Waals surface area (Å²) < 4.78 is 5.56. The van der Waals surface area contributed by atoms with Crippen molar-refractivity contribution < 1.29 is 9.53 Å². The first-order valence-corrected chi connectivity index (χ1v) is 9.86. The fourth-order valence-corrected chi connectivity index (χ4v) is 3.25. The molecule has 1 rings (SSSR count). The van der Waals surface area contributed by atoms with Crippen LogP contribution in [0.4, 0.5) is 0 Å². The summed E-state index contributed by atoms with van der Waals surface area (Å²) >= 11 is 0. The number of unbranched alkanes of at least 4 members (excludes halogenated alkanes) is 9. The number of hydrogen-bond acceptors (Lipinski definition) is 2. The molecule has 0 unspecified atom stereocenters. The van der Waals surface area contributed by atoms with Crippen molar-refractivity contribution in [1.82, 2.24) is 0 Å². The summed E-state index contributed by atoms with van der Waals surface area (Å²) in [5, 5.41) is 0. The molecule has 1 aliphatic carbocycles. The molecule has 1 saturated carbocycles. The van der Waals surface area contributed by atoms with Gasteiger partial charge in [-0.1, -0.05) is 77.6 Å². The normalized spacial score (nSPS) is 16.4. The van der Waals surface area contributed by atoms with E-state index in [1.165, 1.54) is 77.0 Å². The van der Waals surface area contributed by atoms with Crippen LogP contribution in [0.2, 0.25) is 0 Å². The molecule has 0 aromatic carbocycles. The lowest BCUT2D eigenvalue weighted by atomic mass is 10.1. The minimum Gasteiger partial charge on any atom is -0.462 e. The number of ether oxygens (including phenoxy) is 1. The van der Waals surface area contributed by atoms with Crippen LogP contribution in [0.3, 0.4) is 0 Å². The fraction of sp³-hybridized carbons (Fsp3) is 0.900. The summed E-state index contributed by atoms with van der Waals surface area (Å²) in [4.78, 5) is 11.8. The molecule has 129 valence electrons. The van der Waals surface area contributed by atoms with Crippen LogP contribution in [-0.4, -0.2) is 12.1 Å². The van der Waals surface area contributed by atoms with Crippen LogP contribution in [0.1, 0.15) is 110 Å². The van der Waals surface area contributed by atoms with Crippen molar-refractivity contribution in [2.24, 2.45) is 0 Å². The first-order chi connectivity index (χ1) is 10.8. The summed E-state index contributed by atoms with van der Waals surface area (Å²) in [7, 11) is 0. The summed E-state index contributed by atoms with van der Waals surface area (Å²) in [6.07, 6.45) is 22.0. The van der Waals surface area contributed by atoms with Gasteiger partial charge in [-0.05, 0) is 32.1 Å². The molecule has 2 nitrogen and oxygen atoms in total. The Morgan fingerprint density at radius 1 is 0.864 bits per heavy atom. The van der Waals surface area contributed by atoms with Gasteiger partial charge in [0.05, 0.1) is 6.42 Å². The summed E-state index contributed by atoms with van der Waals surface area (Å²) in [5.41, 5.74) is 0. The van der Waals surface area contributed by atoms with Crippen LogP contribution in [0.15, 0.2) is 0 Å². The molecule has 2 heteroatoms. The molecular weight excluding hydrogens is 272 g/mol. The van der Waals surface area contributed by atoms with Crippen molar-refractivity contribution in [2.45, 2.75) is 116 Å². The molecule has 0 bridgehead atoms. The van der Waals surface area contributed by atoms with Gasteiger partial charge in [-0.25, -0.2) is 0 Å². The second-order valence-corrected chi connectivity index (χ2v) is 6.87. The highest BCUT2D eigenvalue weighted by Crippen LogP contribution is 2.20. The highest BCUT2D eigenvalue weighted by molar-refractivity contribution is 5.78. The largest absolute Gasteiger partial charge is 0.462 e. The molecule has 1 aliphatic rings. The van der Waals surface area contributed by atoms with Crippen molar-refractivity contribution >= 4 is 5.97 Å². The van der Waals surface area contributed by atoms with Gasteiger partial charge in [-0.3, -0.25) is 4.79 Å². The van der Waals surface area contributed by atoms with Gasteiger partial charge in [0, 0.05) is 0 Å². The molecule has 0 aromatic heterocycles. The van der Waals surface area contributed by atoms with E-state index in [1.54, 1.807) is 6.42 Å². The molecule has 22 heavy (non-hydrogen) atoms. The topological polar surface area (TPSA) is 26.3 Å².